The van der Waals surface area contributed by atoms with Crippen molar-refractivity contribution in [1.82, 2.24) is 15.5 Å². The van der Waals surface area contributed by atoms with Crippen LogP contribution in [0, 0.1) is 5.92 Å². The summed E-state index contributed by atoms with van der Waals surface area (Å²) in [5.41, 5.74) is 0. The van der Waals surface area contributed by atoms with Crippen LogP contribution in [0.15, 0.2) is 0 Å². The van der Waals surface area contributed by atoms with Crippen molar-refractivity contribution < 1.29 is 0 Å². The Labute approximate surface area is 124 Å². The number of hydrogen-bond donors (Lipinski definition) is 2. The minimum Gasteiger partial charge on any atom is -0.314 e. The fourth-order valence-electron chi connectivity index (χ4n) is 4.69. The maximum atomic E-state index is 3.97. The highest BCUT2D eigenvalue weighted by molar-refractivity contribution is 4.93. The Balaban J connectivity index is 1.47. The molecule has 3 rings (SSSR count). The highest BCUT2D eigenvalue weighted by atomic mass is 15.2. The van der Waals surface area contributed by atoms with Gasteiger partial charge >= 0.3 is 0 Å². The summed E-state index contributed by atoms with van der Waals surface area (Å²) in [5.74, 6) is 0.885. The molecule has 2 heterocycles. The third-order valence-corrected chi connectivity index (χ3v) is 5.66. The van der Waals surface area contributed by atoms with Gasteiger partial charge in [-0.2, -0.15) is 0 Å². The van der Waals surface area contributed by atoms with E-state index in [1.807, 2.05) is 0 Å². The molecule has 3 aliphatic rings. The van der Waals surface area contributed by atoms with Crippen molar-refractivity contribution in [2.45, 2.75) is 76.4 Å². The second-order valence-corrected chi connectivity index (χ2v) is 7.33. The number of nitrogens with zero attached hydrogens (tertiary/aromatic N) is 1. The molecule has 2 saturated heterocycles. The molecule has 2 aliphatic heterocycles. The van der Waals surface area contributed by atoms with Crippen LogP contribution in [0.5, 0.6) is 0 Å². The van der Waals surface area contributed by atoms with Crippen LogP contribution >= 0.6 is 0 Å². The Morgan fingerprint density at radius 3 is 2.65 bits per heavy atom. The lowest BCUT2D eigenvalue weighted by molar-refractivity contribution is 0.228. The Morgan fingerprint density at radius 1 is 1.05 bits per heavy atom. The maximum absolute atomic E-state index is 3.97. The average Bonchev–Trinajstić information content (AvgIpc) is 3.11. The molecule has 3 heteroatoms. The number of rotatable bonds is 5. The van der Waals surface area contributed by atoms with Crippen LogP contribution in [0.4, 0.5) is 0 Å². The Morgan fingerprint density at radius 2 is 1.90 bits per heavy atom. The third kappa shape index (κ3) is 3.75. The first-order chi connectivity index (χ1) is 9.83. The Kier molecular flexibility index (Phi) is 5.36. The van der Waals surface area contributed by atoms with Gasteiger partial charge in [0.1, 0.15) is 0 Å². The lowest BCUT2D eigenvalue weighted by Gasteiger charge is -2.35. The number of piperidine rings is 1. The minimum absolute atomic E-state index is 0.655. The van der Waals surface area contributed by atoms with Crippen molar-refractivity contribution in [3.8, 4) is 0 Å². The quantitative estimate of drug-likeness (QED) is 0.809. The molecule has 3 fully saturated rings. The average molecular weight is 279 g/mol. The predicted octanol–water partition coefficient (Wildman–Crippen LogP) is 2.37. The van der Waals surface area contributed by atoms with Crippen molar-refractivity contribution >= 4 is 0 Å². The van der Waals surface area contributed by atoms with Crippen molar-refractivity contribution in [2.24, 2.45) is 5.92 Å². The molecule has 1 saturated carbocycles. The van der Waals surface area contributed by atoms with Crippen LogP contribution in [0.2, 0.25) is 0 Å². The van der Waals surface area contributed by atoms with Gasteiger partial charge in [0.15, 0.2) is 0 Å². The minimum atomic E-state index is 0.655. The van der Waals surface area contributed by atoms with Crippen LogP contribution in [0.25, 0.3) is 0 Å². The standard InChI is InChI=1S/C17H33N3/c1-14(13-20-11-4-5-12-20)19-17-9-6-7-15(17)16-8-2-3-10-18-16/h14-19H,2-13H2,1H3. The number of nitrogens with one attached hydrogen (secondary N) is 2. The van der Waals surface area contributed by atoms with Gasteiger partial charge in [-0.3, -0.25) is 0 Å². The van der Waals surface area contributed by atoms with Crippen molar-refractivity contribution in [1.29, 1.82) is 0 Å². The van der Waals surface area contributed by atoms with Gasteiger partial charge in [0.25, 0.3) is 0 Å². The van der Waals surface area contributed by atoms with E-state index in [9.17, 15) is 0 Å². The third-order valence-electron chi connectivity index (χ3n) is 5.66. The highest BCUT2D eigenvalue weighted by Gasteiger charge is 2.34. The Hall–Kier alpha value is -0.120. The molecule has 0 aromatic heterocycles. The summed E-state index contributed by atoms with van der Waals surface area (Å²) in [6, 6.07) is 2.22. The summed E-state index contributed by atoms with van der Waals surface area (Å²) in [6.07, 6.45) is 11.3. The summed E-state index contributed by atoms with van der Waals surface area (Å²) in [6.45, 7) is 7.54. The molecule has 116 valence electrons. The number of likely N-dealkylation sites (tertiary alicyclic amines) is 1. The molecule has 0 amide bonds. The zero-order valence-electron chi connectivity index (χ0n) is 13.2. The molecular weight excluding hydrogens is 246 g/mol. The molecule has 0 aromatic carbocycles. The Bertz CT molecular complexity index is 282. The molecule has 4 unspecified atom stereocenters. The van der Waals surface area contributed by atoms with Crippen molar-refractivity contribution in [3.63, 3.8) is 0 Å². The van der Waals surface area contributed by atoms with Gasteiger partial charge in [0.2, 0.25) is 0 Å². The zero-order chi connectivity index (χ0) is 13.8. The van der Waals surface area contributed by atoms with Gasteiger partial charge in [-0.25, -0.2) is 0 Å². The van der Waals surface area contributed by atoms with Crippen LogP contribution in [-0.4, -0.2) is 49.2 Å². The SMILES string of the molecule is CC(CN1CCCC1)NC1CCCC1C1CCCCN1. The first kappa shape index (κ1) is 14.8. The summed E-state index contributed by atoms with van der Waals surface area (Å²) in [5, 5.41) is 7.76. The summed E-state index contributed by atoms with van der Waals surface area (Å²) >= 11 is 0. The van der Waals surface area contributed by atoms with Gasteiger partial charge in [-0.05, 0) is 71.0 Å². The second kappa shape index (κ2) is 7.24. The van der Waals surface area contributed by atoms with Gasteiger partial charge in [0.05, 0.1) is 0 Å². The van der Waals surface area contributed by atoms with E-state index >= 15 is 0 Å². The second-order valence-electron chi connectivity index (χ2n) is 7.33. The van der Waals surface area contributed by atoms with E-state index in [1.54, 1.807) is 0 Å². The molecule has 0 spiro atoms. The van der Waals surface area contributed by atoms with Crippen LogP contribution < -0.4 is 10.6 Å². The molecule has 4 atom stereocenters. The fraction of sp³-hybridized carbons (Fsp3) is 1.00. The van der Waals surface area contributed by atoms with E-state index in [4.69, 9.17) is 0 Å². The van der Waals surface area contributed by atoms with Crippen molar-refractivity contribution in [3.05, 3.63) is 0 Å². The van der Waals surface area contributed by atoms with E-state index in [2.05, 4.69) is 22.5 Å². The highest BCUT2D eigenvalue weighted by Crippen LogP contribution is 2.32. The lowest BCUT2D eigenvalue weighted by atomic mass is 9.88. The van der Waals surface area contributed by atoms with E-state index in [1.165, 1.54) is 77.5 Å². The van der Waals surface area contributed by atoms with E-state index in [0.717, 1.165) is 18.0 Å². The monoisotopic (exact) mass is 279 g/mol. The molecule has 0 bridgehead atoms. The molecular formula is C17H33N3. The molecule has 20 heavy (non-hydrogen) atoms. The molecule has 1 aliphatic carbocycles. The first-order valence-electron chi connectivity index (χ1n) is 9.05. The van der Waals surface area contributed by atoms with Gasteiger partial charge in [0, 0.05) is 24.7 Å². The topological polar surface area (TPSA) is 27.3 Å². The summed E-state index contributed by atoms with van der Waals surface area (Å²) in [4.78, 5) is 2.64. The van der Waals surface area contributed by atoms with E-state index in [-0.39, 0.29) is 0 Å². The zero-order valence-corrected chi connectivity index (χ0v) is 13.2. The molecule has 2 N–H and O–H groups in total. The molecule has 0 radical (unpaired) electrons. The normalized spacial score (nSPS) is 37.4. The predicted molar refractivity (Wildman–Crippen MR) is 85.0 cm³/mol. The van der Waals surface area contributed by atoms with Crippen molar-refractivity contribution in [2.75, 3.05) is 26.2 Å². The van der Waals surface area contributed by atoms with Crippen LogP contribution in [0.1, 0.15) is 58.3 Å². The lowest BCUT2D eigenvalue weighted by Crippen LogP contribution is -2.50. The van der Waals surface area contributed by atoms with E-state index < -0.39 is 0 Å². The van der Waals surface area contributed by atoms with Gasteiger partial charge in [-0.1, -0.05) is 12.8 Å². The summed E-state index contributed by atoms with van der Waals surface area (Å²) in [7, 11) is 0. The van der Waals surface area contributed by atoms with Gasteiger partial charge < -0.3 is 15.5 Å². The van der Waals surface area contributed by atoms with Crippen LogP contribution in [0.3, 0.4) is 0 Å². The first-order valence-corrected chi connectivity index (χ1v) is 9.05. The summed E-state index contributed by atoms with van der Waals surface area (Å²) < 4.78 is 0. The van der Waals surface area contributed by atoms with E-state index in [0.29, 0.717) is 6.04 Å². The maximum Gasteiger partial charge on any atom is 0.0169 e. The van der Waals surface area contributed by atoms with Crippen LogP contribution in [-0.2, 0) is 0 Å². The smallest absolute Gasteiger partial charge is 0.0169 e. The largest absolute Gasteiger partial charge is 0.314 e. The fourth-order valence-corrected chi connectivity index (χ4v) is 4.69. The molecule has 0 aromatic rings. The number of hydrogen-bond acceptors (Lipinski definition) is 3. The van der Waals surface area contributed by atoms with Gasteiger partial charge in [-0.15, -0.1) is 0 Å². The molecule has 3 nitrogen and oxygen atoms in total.